The molecule has 0 rings (SSSR count). The van der Waals surface area contributed by atoms with Crippen LogP contribution in [-0.4, -0.2) is 47.4 Å². The third-order valence-corrected chi connectivity index (χ3v) is 13.6. The van der Waals surface area contributed by atoms with Crippen LogP contribution < -0.4 is 5.32 Å². The summed E-state index contributed by atoms with van der Waals surface area (Å²) in [7, 11) is 0. The van der Waals surface area contributed by atoms with Crippen molar-refractivity contribution >= 4 is 11.9 Å². The monoisotopic (exact) mass is 942 g/mol. The Kier molecular flexibility index (Phi) is 55.0. The molecule has 0 saturated heterocycles. The van der Waals surface area contributed by atoms with Gasteiger partial charge in [-0.05, 0) is 83.5 Å². The largest absolute Gasteiger partial charge is 0.466 e. The number of ether oxygens (including phenoxy) is 1. The Hall–Kier alpha value is -1.92. The van der Waals surface area contributed by atoms with Crippen molar-refractivity contribution < 1.29 is 24.5 Å². The van der Waals surface area contributed by atoms with E-state index in [4.69, 9.17) is 4.74 Å². The highest BCUT2D eigenvalue weighted by molar-refractivity contribution is 5.76. The van der Waals surface area contributed by atoms with Crippen LogP contribution in [0.3, 0.4) is 0 Å². The van der Waals surface area contributed by atoms with Gasteiger partial charge in [-0.25, -0.2) is 0 Å². The van der Waals surface area contributed by atoms with E-state index in [9.17, 15) is 19.8 Å². The number of unbranched alkanes of at least 4 members (excludes halogenated alkanes) is 40. The van der Waals surface area contributed by atoms with Crippen molar-refractivity contribution in [3.05, 3.63) is 36.5 Å². The normalized spacial score (nSPS) is 12.8. The molecule has 0 aliphatic heterocycles. The quantitative estimate of drug-likeness (QED) is 0.0321. The zero-order chi connectivity index (χ0) is 48.6. The Bertz CT molecular complexity index is 1090. The van der Waals surface area contributed by atoms with E-state index in [-0.39, 0.29) is 18.5 Å². The van der Waals surface area contributed by atoms with Gasteiger partial charge < -0.3 is 20.3 Å². The van der Waals surface area contributed by atoms with Gasteiger partial charge in [0, 0.05) is 12.8 Å². The number of nitrogens with one attached hydrogen (secondary N) is 1. The fraction of sp³-hybridized carbons (Fsp3) is 0.869. The number of rotatable bonds is 55. The average molecular weight is 943 g/mol. The smallest absolute Gasteiger partial charge is 0.305 e. The SMILES string of the molecule is CCCCCCCCC/C=C\CCCCCCCCCC(=O)OCCCCCCCCCC/C=C\CCCCCCCCCC(=O)NC(CO)C(O)/C=C/CCCCCCCCCCCCC. The molecule has 2 atom stereocenters. The number of amides is 1. The fourth-order valence-corrected chi connectivity index (χ4v) is 9.03. The highest BCUT2D eigenvalue weighted by Crippen LogP contribution is 2.16. The van der Waals surface area contributed by atoms with Crippen LogP contribution in [0.15, 0.2) is 36.5 Å². The number of allylic oxidation sites excluding steroid dienone is 5. The molecule has 0 aromatic rings. The average Bonchev–Trinajstić information content (AvgIpc) is 3.33. The molecule has 0 spiro atoms. The minimum atomic E-state index is -0.850. The van der Waals surface area contributed by atoms with Crippen molar-refractivity contribution in [3.63, 3.8) is 0 Å². The van der Waals surface area contributed by atoms with Crippen LogP contribution in [0.5, 0.6) is 0 Å². The summed E-state index contributed by atoms with van der Waals surface area (Å²) in [5.74, 6) is -0.0778. The molecule has 1 amide bonds. The summed E-state index contributed by atoms with van der Waals surface area (Å²) in [6, 6.07) is -0.635. The second-order valence-corrected chi connectivity index (χ2v) is 20.3. The highest BCUT2D eigenvalue weighted by atomic mass is 16.5. The third kappa shape index (κ3) is 53.3. The number of carbonyl (C=O) groups is 2. The second kappa shape index (κ2) is 56.7. The summed E-state index contributed by atoms with van der Waals surface area (Å²) in [4.78, 5) is 24.5. The summed E-state index contributed by atoms with van der Waals surface area (Å²) < 4.78 is 5.49. The number of aliphatic hydroxyl groups is 2. The van der Waals surface area contributed by atoms with Gasteiger partial charge >= 0.3 is 5.97 Å². The van der Waals surface area contributed by atoms with E-state index in [0.29, 0.717) is 19.4 Å². The summed E-state index contributed by atoms with van der Waals surface area (Å²) in [5.41, 5.74) is 0. The zero-order valence-electron chi connectivity index (χ0n) is 44.9. The number of aliphatic hydroxyl groups excluding tert-OH is 2. The molecule has 0 bridgehead atoms. The minimum absolute atomic E-state index is 0.000103. The van der Waals surface area contributed by atoms with Crippen LogP contribution in [0.1, 0.15) is 316 Å². The maximum absolute atomic E-state index is 12.4. The van der Waals surface area contributed by atoms with Crippen LogP contribution >= 0.6 is 0 Å². The third-order valence-electron chi connectivity index (χ3n) is 13.6. The van der Waals surface area contributed by atoms with Gasteiger partial charge in [-0.15, -0.1) is 0 Å². The fourth-order valence-electron chi connectivity index (χ4n) is 9.03. The van der Waals surface area contributed by atoms with E-state index in [2.05, 4.69) is 43.5 Å². The Balaban J connectivity index is 3.44. The molecule has 6 heteroatoms. The van der Waals surface area contributed by atoms with Crippen LogP contribution in [-0.2, 0) is 14.3 Å². The minimum Gasteiger partial charge on any atom is -0.466 e. The molecule has 0 aromatic carbocycles. The molecule has 0 aliphatic carbocycles. The number of carbonyl (C=O) groups excluding carboxylic acids is 2. The molecule has 67 heavy (non-hydrogen) atoms. The maximum Gasteiger partial charge on any atom is 0.305 e. The van der Waals surface area contributed by atoms with Gasteiger partial charge in [0.1, 0.15) is 0 Å². The van der Waals surface area contributed by atoms with Crippen LogP contribution in [0.2, 0.25) is 0 Å². The lowest BCUT2D eigenvalue weighted by Gasteiger charge is -2.20. The topological polar surface area (TPSA) is 95.9 Å². The second-order valence-electron chi connectivity index (χ2n) is 20.3. The van der Waals surface area contributed by atoms with Crippen LogP contribution in [0.25, 0.3) is 0 Å². The first-order valence-corrected chi connectivity index (χ1v) is 29.8. The van der Waals surface area contributed by atoms with E-state index in [1.54, 1.807) is 6.08 Å². The van der Waals surface area contributed by atoms with Gasteiger partial charge in [0.15, 0.2) is 0 Å². The first-order valence-electron chi connectivity index (χ1n) is 29.8. The van der Waals surface area contributed by atoms with Crippen molar-refractivity contribution in [1.29, 1.82) is 0 Å². The van der Waals surface area contributed by atoms with Crippen molar-refractivity contribution in [3.8, 4) is 0 Å². The maximum atomic E-state index is 12.4. The van der Waals surface area contributed by atoms with Crippen molar-refractivity contribution in [1.82, 2.24) is 5.32 Å². The molecule has 0 heterocycles. The van der Waals surface area contributed by atoms with Crippen molar-refractivity contribution in [2.75, 3.05) is 13.2 Å². The predicted octanol–water partition coefficient (Wildman–Crippen LogP) is 18.4. The van der Waals surface area contributed by atoms with Gasteiger partial charge in [0.2, 0.25) is 5.91 Å². The summed E-state index contributed by atoms with van der Waals surface area (Å²) in [6.45, 7) is 4.89. The Morgan fingerprint density at radius 2 is 0.701 bits per heavy atom. The zero-order valence-corrected chi connectivity index (χ0v) is 44.9. The van der Waals surface area contributed by atoms with Gasteiger partial charge in [0.05, 0.1) is 25.4 Å². The first-order chi connectivity index (χ1) is 33.0. The summed E-state index contributed by atoms with van der Waals surface area (Å²) in [6.07, 6.45) is 70.3. The molecule has 0 aliphatic rings. The molecule has 6 nitrogen and oxygen atoms in total. The van der Waals surface area contributed by atoms with Crippen LogP contribution in [0, 0.1) is 0 Å². The van der Waals surface area contributed by atoms with Gasteiger partial charge in [-0.2, -0.15) is 0 Å². The van der Waals surface area contributed by atoms with E-state index < -0.39 is 12.1 Å². The standard InChI is InChI=1S/C61H115NO5/c1-3-5-7-9-11-13-15-17-18-19-24-27-31-35-39-43-47-51-55-61(66)67-56-52-48-44-40-36-32-28-25-22-20-21-23-26-30-34-38-42-46-50-54-60(65)62-58(57-63)59(64)53-49-45-41-37-33-29-16-14-12-10-8-6-4-2/h18-21,49,53,58-59,63-64H,3-17,22-48,50-52,54-57H2,1-2H3,(H,62,65)/b19-18-,21-20-,53-49+. The van der Waals surface area contributed by atoms with Gasteiger partial charge in [-0.1, -0.05) is 256 Å². The Labute approximate surface area is 417 Å². The van der Waals surface area contributed by atoms with Gasteiger partial charge in [-0.3, -0.25) is 9.59 Å². The molecule has 0 saturated carbocycles. The molecule has 0 radical (unpaired) electrons. The molecule has 394 valence electrons. The molecule has 3 N–H and O–H groups in total. The van der Waals surface area contributed by atoms with Gasteiger partial charge in [0.25, 0.3) is 0 Å². The molecular formula is C61H115NO5. The lowest BCUT2D eigenvalue weighted by molar-refractivity contribution is -0.143. The van der Waals surface area contributed by atoms with Crippen LogP contribution in [0.4, 0.5) is 0 Å². The van der Waals surface area contributed by atoms with E-state index in [1.807, 2.05) is 6.08 Å². The van der Waals surface area contributed by atoms with E-state index >= 15 is 0 Å². The highest BCUT2D eigenvalue weighted by Gasteiger charge is 2.18. The summed E-state index contributed by atoms with van der Waals surface area (Å²) >= 11 is 0. The number of hydrogen-bond donors (Lipinski definition) is 3. The number of hydrogen-bond acceptors (Lipinski definition) is 5. The first kappa shape index (κ1) is 65.1. The van der Waals surface area contributed by atoms with Crippen molar-refractivity contribution in [2.24, 2.45) is 0 Å². The molecule has 2 unspecified atom stereocenters. The van der Waals surface area contributed by atoms with E-state index in [1.165, 1.54) is 238 Å². The molecule has 0 aromatic heterocycles. The molecular weight excluding hydrogens is 827 g/mol. The molecule has 0 fully saturated rings. The lowest BCUT2D eigenvalue weighted by Crippen LogP contribution is -2.45. The van der Waals surface area contributed by atoms with E-state index in [0.717, 1.165) is 51.4 Å². The Morgan fingerprint density at radius 3 is 1.06 bits per heavy atom. The Morgan fingerprint density at radius 1 is 0.403 bits per heavy atom. The predicted molar refractivity (Wildman–Crippen MR) is 292 cm³/mol. The summed E-state index contributed by atoms with van der Waals surface area (Å²) in [5, 5.41) is 23.1. The lowest BCUT2D eigenvalue weighted by atomic mass is 10.0. The van der Waals surface area contributed by atoms with Crippen molar-refractivity contribution in [2.45, 2.75) is 328 Å². The number of esters is 1.